The number of anilines is 1. The molecule has 0 unspecified atom stereocenters. The van der Waals surface area contributed by atoms with Crippen molar-refractivity contribution < 1.29 is 27.8 Å². The predicted molar refractivity (Wildman–Crippen MR) is 92.1 cm³/mol. The molecule has 1 amide bonds. The monoisotopic (exact) mass is 363 g/mol. The maximum atomic E-state index is 12.4. The number of rotatable bonds is 6. The zero-order valence-electron chi connectivity index (χ0n) is 14.4. The molecule has 0 bridgehead atoms. The molecule has 1 aliphatic rings. The molecular formula is C19H19F2NO4. The minimum absolute atomic E-state index is 0.110. The SMILES string of the molecule is CC1(C)Cc2cccc(OCC(=O)Nc3ccccc3OC(F)F)c2O1. The fourth-order valence-electron chi connectivity index (χ4n) is 2.80. The number of nitrogens with one attached hydrogen (secondary N) is 1. The van der Waals surface area contributed by atoms with E-state index in [1.54, 1.807) is 12.1 Å². The Morgan fingerprint density at radius 3 is 2.69 bits per heavy atom. The first kappa shape index (κ1) is 18.0. The van der Waals surface area contributed by atoms with Gasteiger partial charge in [-0.05, 0) is 32.0 Å². The maximum Gasteiger partial charge on any atom is 0.387 e. The van der Waals surface area contributed by atoms with Gasteiger partial charge in [0.25, 0.3) is 5.91 Å². The summed E-state index contributed by atoms with van der Waals surface area (Å²) in [5, 5.41) is 2.51. The number of para-hydroxylation sites is 3. The third-order valence-corrected chi connectivity index (χ3v) is 3.79. The summed E-state index contributed by atoms with van der Waals surface area (Å²) in [6.07, 6.45) is 0.754. The van der Waals surface area contributed by atoms with Crippen LogP contribution in [0.25, 0.3) is 0 Å². The van der Waals surface area contributed by atoms with Crippen molar-refractivity contribution in [3.8, 4) is 17.2 Å². The molecule has 1 aliphatic heterocycles. The van der Waals surface area contributed by atoms with E-state index in [1.165, 1.54) is 18.2 Å². The molecule has 5 nitrogen and oxygen atoms in total. The van der Waals surface area contributed by atoms with E-state index in [9.17, 15) is 13.6 Å². The number of carbonyl (C=O) groups is 1. The standard InChI is InChI=1S/C19H19F2NO4/c1-19(2)10-12-6-5-9-15(17(12)26-19)24-11-16(23)22-13-7-3-4-8-14(13)25-18(20)21/h3-9,18H,10-11H2,1-2H3,(H,22,23). The number of amides is 1. The van der Waals surface area contributed by atoms with E-state index in [0.717, 1.165) is 12.0 Å². The molecule has 0 aliphatic carbocycles. The summed E-state index contributed by atoms with van der Waals surface area (Å²) in [5.74, 6) is 0.499. The van der Waals surface area contributed by atoms with Crippen LogP contribution in [0.2, 0.25) is 0 Å². The average Bonchev–Trinajstić information content (AvgIpc) is 2.88. The van der Waals surface area contributed by atoms with Crippen LogP contribution in [0.15, 0.2) is 42.5 Å². The summed E-state index contributed by atoms with van der Waals surface area (Å²) in [7, 11) is 0. The summed E-state index contributed by atoms with van der Waals surface area (Å²) >= 11 is 0. The van der Waals surface area contributed by atoms with Gasteiger partial charge in [-0.1, -0.05) is 24.3 Å². The van der Waals surface area contributed by atoms with Crippen molar-refractivity contribution in [1.29, 1.82) is 0 Å². The molecule has 3 rings (SSSR count). The van der Waals surface area contributed by atoms with Crippen LogP contribution in [0.3, 0.4) is 0 Å². The number of fused-ring (bicyclic) bond motifs is 1. The van der Waals surface area contributed by atoms with Crippen LogP contribution in [-0.4, -0.2) is 24.7 Å². The molecule has 0 aromatic heterocycles. The average molecular weight is 363 g/mol. The Morgan fingerprint density at radius 2 is 1.92 bits per heavy atom. The number of ether oxygens (including phenoxy) is 3. The normalized spacial score (nSPS) is 14.5. The van der Waals surface area contributed by atoms with Crippen LogP contribution < -0.4 is 19.5 Å². The van der Waals surface area contributed by atoms with Gasteiger partial charge in [-0.25, -0.2) is 0 Å². The topological polar surface area (TPSA) is 56.8 Å². The number of halogens is 2. The fraction of sp³-hybridized carbons (Fsp3) is 0.316. The molecule has 0 atom stereocenters. The van der Waals surface area contributed by atoms with E-state index in [-0.39, 0.29) is 23.6 Å². The van der Waals surface area contributed by atoms with Crippen LogP contribution in [0.1, 0.15) is 19.4 Å². The van der Waals surface area contributed by atoms with Gasteiger partial charge in [0.15, 0.2) is 18.1 Å². The van der Waals surface area contributed by atoms with Crippen LogP contribution in [0, 0.1) is 0 Å². The minimum Gasteiger partial charge on any atom is -0.483 e. The number of alkyl halides is 2. The van der Waals surface area contributed by atoms with Gasteiger partial charge in [0.2, 0.25) is 0 Å². The van der Waals surface area contributed by atoms with Gasteiger partial charge in [0, 0.05) is 12.0 Å². The zero-order valence-corrected chi connectivity index (χ0v) is 14.4. The molecule has 1 N–H and O–H groups in total. The van der Waals surface area contributed by atoms with E-state index >= 15 is 0 Å². The molecule has 0 radical (unpaired) electrons. The van der Waals surface area contributed by atoms with Crippen LogP contribution in [0.4, 0.5) is 14.5 Å². The van der Waals surface area contributed by atoms with Gasteiger partial charge in [-0.2, -0.15) is 8.78 Å². The Morgan fingerprint density at radius 1 is 1.19 bits per heavy atom. The lowest BCUT2D eigenvalue weighted by atomic mass is 10.0. The highest BCUT2D eigenvalue weighted by molar-refractivity contribution is 5.93. The molecule has 26 heavy (non-hydrogen) atoms. The van der Waals surface area contributed by atoms with Crippen LogP contribution in [-0.2, 0) is 11.2 Å². The van der Waals surface area contributed by atoms with Crippen molar-refractivity contribution in [2.24, 2.45) is 0 Å². The number of hydrogen-bond acceptors (Lipinski definition) is 4. The van der Waals surface area contributed by atoms with E-state index in [1.807, 2.05) is 26.0 Å². The third-order valence-electron chi connectivity index (χ3n) is 3.79. The van der Waals surface area contributed by atoms with Crippen LogP contribution in [0.5, 0.6) is 17.2 Å². The summed E-state index contributed by atoms with van der Waals surface area (Å²) in [5.41, 5.74) is 0.843. The van der Waals surface area contributed by atoms with Gasteiger partial charge in [-0.3, -0.25) is 4.79 Å². The molecule has 0 spiro atoms. The first-order chi connectivity index (χ1) is 12.3. The highest BCUT2D eigenvalue weighted by Gasteiger charge is 2.32. The number of benzene rings is 2. The lowest BCUT2D eigenvalue weighted by Crippen LogP contribution is -2.25. The molecule has 0 saturated heterocycles. The van der Waals surface area contributed by atoms with Gasteiger partial charge in [-0.15, -0.1) is 0 Å². The van der Waals surface area contributed by atoms with Crippen LogP contribution >= 0.6 is 0 Å². The Hall–Kier alpha value is -2.83. The highest BCUT2D eigenvalue weighted by atomic mass is 19.3. The number of carbonyl (C=O) groups excluding carboxylic acids is 1. The van der Waals surface area contributed by atoms with Crippen molar-refractivity contribution in [3.63, 3.8) is 0 Å². The molecule has 138 valence electrons. The Bertz CT molecular complexity index is 808. The van der Waals surface area contributed by atoms with E-state index in [2.05, 4.69) is 10.1 Å². The molecule has 1 heterocycles. The Kier molecular flexibility index (Phi) is 4.97. The number of hydrogen-bond donors (Lipinski definition) is 1. The maximum absolute atomic E-state index is 12.4. The lowest BCUT2D eigenvalue weighted by Gasteiger charge is -2.18. The molecule has 0 fully saturated rings. The van der Waals surface area contributed by atoms with Gasteiger partial charge in [0.05, 0.1) is 5.69 Å². The minimum atomic E-state index is -2.98. The van der Waals surface area contributed by atoms with Crippen molar-refractivity contribution in [3.05, 3.63) is 48.0 Å². The first-order valence-electron chi connectivity index (χ1n) is 8.11. The summed E-state index contributed by atoms with van der Waals surface area (Å²) < 4.78 is 40.7. The smallest absolute Gasteiger partial charge is 0.387 e. The molecule has 2 aromatic carbocycles. The molecule has 2 aromatic rings. The summed E-state index contributed by atoms with van der Waals surface area (Å²) in [6.45, 7) is 0.688. The quantitative estimate of drug-likeness (QED) is 0.842. The van der Waals surface area contributed by atoms with Crippen molar-refractivity contribution in [2.75, 3.05) is 11.9 Å². The lowest BCUT2D eigenvalue weighted by molar-refractivity contribution is -0.118. The predicted octanol–water partition coefficient (Wildman–Crippen LogP) is 4.02. The van der Waals surface area contributed by atoms with Gasteiger partial charge in [0.1, 0.15) is 11.4 Å². The van der Waals surface area contributed by atoms with Gasteiger partial charge >= 0.3 is 6.61 Å². The fourth-order valence-corrected chi connectivity index (χ4v) is 2.80. The largest absolute Gasteiger partial charge is 0.483 e. The first-order valence-corrected chi connectivity index (χ1v) is 8.11. The molecular weight excluding hydrogens is 344 g/mol. The van der Waals surface area contributed by atoms with E-state index in [4.69, 9.17) is 9.47 Å². The Labute approximate surface area is 149 Å². The second-order valence-electron chi connectivity index (χ2n) is 6.49. The molecule has 0 saturated carbocycles. The summed E-state index contributed by atoms with van der Waals surface area (Å²) in [4.78, 5) is 12.1. The second-order valence-corrected chi connectivity index (χ2v) is 6.49. The van der Waals surface area contributed by atoms with Gasteiger partial charge < -0.3 is 19.5 Å². The zero-order chi connectivity index (χ0) is 18.7. The van der Waals surface area contributed by atoms with Crippen molar-refractivity contribution >= 4 is 11.6 Å². The van der Waals surface area contributed by atoms with E-state index in [0.29, 0.717) is 11.5 Å². The highest BCUT2D eigenvalue weighted by Crippen LogP contribution is 2.41. The second kappa shape index (κ2) is 7.19. The van der Waals surface area contributed by atoms with Crippen molar-refractivity contribution in [2.45, 2.75) is 32.5 Å². The third kappa shape index (κ3) is 4.22. The van der Waals surface area contributed by atoms with E-state index < -0.39 is 12.5 Å². The molecule has 7 heteroatoms. The van der Waals surface area contributed by atoms with Crippen molar-refractivity contribution in [1.82, 2.24) is 0 Å². The summed E-state index contributed by atoms with van der Waals surface area (Å²) in [6, 6.07) is 11.5. The Balaban J connectivity index is 1.64.